The first-order chi connectivity index (χ1) is 15.1. The first-order valence-electron chi connectivity index (χ1n) is 10.4. The van der Waals surface area contributed by atoms with Gasteiger partial charge in [0.25, 0.3) is 0 Å². The van der Waals surface area contributed by atoms with Crippen LogP contribution in [-0.4, -0.2) is 19.5 Å². The fourth-order valence-electron chi connectivity index (χ4n) is 4.07. The van der Waals surface area contributed by atoms with E-state index in [4.69, 9.17) is 5.11 Å². The summed E-state index contributed by atoms with van der Waals surface area (Å²) in [5.41, 5.74) is 3.14. The van der Waals surface area contributed by atoms with Crippen LogP contribution < -0.4 is 4.72 Å². The first kappa shape index (κ1) is 21.8. The second kappa shape index (κ2) is 8.28. The van der Waals surface area contributed by atoms with Gasteiger partial charge in [-0.15, -0.1) is 0 Å². The minimum absolute atomic E-state index is 0.0247. The Bertz CT molecular complexity index is 1350. The Kier molecular flexibility index (Phi) is 5.65. The molecular formula is C26H25NO4S. The van der Waals surface area contributed by atoms with Gasteiger partial charge < -0.3 is 5.11 Å². The van der Waals surface area contributed by atoms with Crippen molar-refractivity contribution in [2.75, 3.05) is 4.72 Å². The zero-order chi connectivity index (χ0) is 22.9. The third kappa shape index (κ3) is 4.75. The van der Waals surface area contributed by atoms with Gasteiger partial charge in [0.15, 0.2) is 0 Å². The van der Waals surface area contributed by atoms with E-state index in [-0.39, 0.29) is 16.7 Å². The highest BCUT2D eigenvalue weighted by molar-refractivity contribution is 7.91. The van der Waals surface area contributed by atoms with Crippen molar-refractivity contribution in [3.8, 4) is 0 Å². The van der Waals surface area contributed by atoms with Gasteiger partial charge in [-0.1, -0.05) is 74.5 Å². The molecule has 2 N–H and O–H groups in total. The Morgan fingerprint density at radius 2 is 1.75 bits per heavy atom. The van der Waals surface area contributed by atoms with Crippen molar-refractivity contribution in [3.05, 3.63) is 95.6 Å². The van der Waals surface area contributed by atoms with Gasteiger partial charge in [0.05, 0.1) is 17.0 Å². The number of benzene rings is 3. The molecule has 0 aliphatic heterocycles. The van der Waals surface area contributed by atoms with Crippen molar-refractivity contribution in [2.45, 2.75) is 26.0 Å². The number of hydrogen-bond acceptors (Lipinski definition) is 3. The minimum atomic E-state index is -3.72. The van der Waals surface area contributed by atoms with Gasteiger partial charge >= 0.3 is 5.97 Å². The van der Waals surface area contributed by atoms with Crippen molar-refractivity contribution in [1.82, 2.24) is 0 Å². The maximum Gasteiger partial charge on any atom is 0.335 e. The smallest absolute Gasteiger partial charge is 0.335 e. The average Bonchev–Trinajstić information content (AvgIpc) is 2.72. The summed E-state index contributed by atoms with van der Waals surface area (Å²) in [6.07, 6.45) is 7.04. The first-order valence-corrected chi connectivity index (χ1v) is 12.0. The molecule has 5 nitrogen and oxygen atoms in total. The molecule has 164 valence electrons. The van der Waals surface area contributed by atoms with Crippen molar-refractivity contribution >= 4 is 38.0 Å². The molecule has 32 heavy (non-hydrogen) atoms. The molecule has 3 aromatic rings. The number of hydrogen-bond donors (Lipinski definition) is 2. The Labute approximate surface area is 188 Å². The van der Waals surface area contributed by atoms with E-state index in [9.17, 15) is 13.2 Å². The third-order valence-electron chi connectivity index (χ3n) is 5.56. The normalized spacial score (nSPS) is 15.4. The number of carboxylic acid groups (broad SMARTS) is 1. The maximum absolute atomic E-state index is 13.0. The van der Waals surface area contributed by atoms with E-state index in [1.165, 1.54) is 24.3 Å². The highest BCUT2D eigenvalue weighted by atomic mass is 32.2. The van der Waals surface area contributed by atoms with Crippen molar-refractivity contribution in [1.29, 1.82) is 0 Å². The van der Waals surface area contributed by atoms with E-state index < -0.39 is 16.0 Å². The number of sulfonamides is 1. The van der Waals surface area contributed by atoms with Gasteiger partial charge in [0.2, 0.25) is 10.0 Å². The van der Waals surface area contributed by atoms with Crippen molar-refractivity contribution in [2.24, 2.45) is 5.41 Å². The largest absolute Gasteiger partial charge is 0.478 e. The lowest BCUT2D eigenvalue weighted by molar-refractivity contribution is 0.0697. The van der Waals surface area contributed by atoms with E-state index >= 15 is 0 Å². The van der Waals surface area contributed by atoms with Crippen LogP contribution in [0.4, 0.5) is 5.69 Å². The number of carbonyl (C=O) groups is 1. The lowest BCUT2D eigenvalue weighted by Gasteiger charge is -2.27. The van der Waals surface area contributed by atoms with Gasteiger partial charge in [-0.05, 0) is 51.9 Å². The summed E-state index contributed by atoms with van der Waals surface area (Å²) >= 11 is 0. The molecule has 0 radical (unpaired) electrons. The Hall–Kier alpha value is -3.38. The summed E-state index contributed by atoms with van der Waals surface area (Å²) < 4.78 is 28.8. The van der Waals surface area contributed by atoms with Crippen molar-refractivity contribution in [3.63, 3.8) is 0 Å². The number of nitrogens with one attached hydrogen (secondary N) is 1. The summed E-state index contributed by atoms with van der Waals surface area (Å²) in [5.74, 6) is -1.29. The standard InChI is InChI=1S/C26H25NO4S/c1-26(2)15-5-7-21(16-26)24-22-8-4-3-6-19(22)13-14-23(24)27-32(30,31)17-18-9-11-20(12-10-18)25(28)29/h3-15,27H,16-17H2,1-2H3,(H,28,29). The Morgan fingerprint density at radius 3 is 2.44 bits per heavy atom. The zero-order valence-electron chi connectivity index (χ0n) is 18.0. The number of carboxylic acids is 1. The van der Waals surface area contributed by atoms with Crippen LogP contribution in [-0.2, 0) is 15.8 Å². The van der Waals surface area contributed by atoms with Crippen LogP contribution in [0, 0.1) is 5.41 Å². The molecule has 0 fully saturated rings. The molecule has 0 saturated carbocycles. The van der Waals surface area contributed by atoms with Crippen LogP contribution in [0.25, 0.3) is 16.3 Å². The lowest BCUT2D eigenvalue weighted by atomic mass is 9.79. The third-order valence-corrected chi connectivity index (χ3v) is 6.81. The van der Waals surface area contributed by atoms with Crippen LogP contribution >= 0.6 is 0 Å². The zero-order valence-corrected chi connectivity index (χ0v) is 18.8. The van der Waals surface area contributed by atoms with Gasteiger partial charge in [-0.25, -0.2) is 13.2 Å². The van der Waals surface area contributed by atoms with E-state index in [2.05, 4.69) is 30.7 Å². The molecule has 3 aromatic carbocycles. The van der Waals surface area contributed by atoms with Gasteiger partial charge in [-0.2, -0.15) is 0 Å². The highest BCUT2D eigenvalue weighted by Crippen LogP contribution is 2.41. The molecule has 4 rings (SSSR count). The average molecular weight is 448 g/mol. The minimum Gasteiger partial charge on any atom is -0.478 e. The number of allylic oxidation sites excluding steroid dienone is 4. The second-order valence-corrected chi connectivity index (χ2v) is 10.5. The molecule has 6 heteroatoms. The Morgan fingerprint density at radius 1 is 1.03 bits per heavy atom. The monoisotopic (exact) mass is 447 g/mol. The van der Waals surface area contributed by atoms with E-state index in [0.717, 1.165) is 28.3 Å². The summed E-state index contributed by atoms with van der Waals surface area (Å²) in [5, 5.41) is 11.1. The lowest BCUT2D eigenvalue weighted by Crippen LogP contribution is -2.17. The SMILES string of the molecule is CC1(C)C=CC=C(c2c(NS(=O)(=O)Cc3ccc(C(=O)O)cc3)ccc3ccccc23)C1. The predicted octanol–water partition coefficient (Wildman–Crippen LogP) is 5.85. The summed E-state index contributed by atoms with van der Waals surface area (Å²) in [7, 11) is -3.72. The molecule has 0 heterocycles. The molecule has 0 spiro atoms. The molecule has 0 atom stereocenters. The fourth-order valence-corrected chi connectivity index (χ4v) is 5.28. The Balaban J connectivity index is 1.72. The van der Waals surface area contributed by atoms with Crippen LogP contribution in [0.2, 0.25) is 0 Å². The molecule has 1 aliphatic carbocycles. The van der Waals surface area contributed by atoms with E-state index in [1.807, 2.05) is 42.5 Å². The summed E-state index contributed by atoms with van der Waals surface area (Å²) in [6.45, 7) is 4.32. The molecule has 1 aliphatic rings. The second-order valence-electron chi connectivity index (χ2n) is 8.79. The summed E-state index contributed by atoms with van der Waals surface area (Å²) in [4.78, 5) is 11.0. The van der Waals surface area contributed by atoms with E-state index in [1.54, 1.807) is 0 Å². The number of rotatable bonds is 6. The highest BCUT2D eigenvalue weighted by Gasteiger charge is 2.24. The topological polar surface area (TPSA) is 83.5 Å². The molecule has 0 aromatic heterocycles. The summed E-state index contributed by atoms with van der Waals surface area (Å²) in [6, 6.07) is 17.6. The molecule has 0 amide bonds. The van der Waals surface area contributed by atoms with Gasteiger partial charge in [0, 0.05) is 5.56 Å². The van der Waals surface area contributed by atoms with Crippen LogP contribution in [0.15, 0.2) is 78.9 Å². The van der Waals surface area contributed by atoms with Gasteiger partial charge in [-0.3, -0.25) is 4.72 Å². The van der Waals surface area contributed by atoms with Crippen LogP contribution in [0.1, 0.15) is 41.8 Å². The van der Waals surface area contributed by atoms with Crippen LogP contribution in [0.5, 0.6) is 0 Å². The van der Waals surface area contributed by atoms with Gasteiger partial charge in [0.1, 0.15) is 0 Å². The number of anilines is 1. The van der Waals surface area contributed by atoms with Crippen LogP contribution in [0.3, 0.4) is 0 Å². The fraction of sp³-hybridized carbons (Fsp3) is 0.192. The molecule has 0 saturated heterocycles. The number of aromatic carboxylic acids is 1. The predicted molar refractivity (Wildman–Crippen MR) is 129 cm³/mol. The van der Waals surface area contributed by atoms with E-state index in [0.29, 0.717) is 11.3 Å². The van der Waals surface area contributed by atoms with Crippen molar-refractivity contribution < 1.29 is 18.3 Å². The molecule has 0 unspecified atom stereocenters. The number of fused-ring (bicyclic) bond motifs is 1. The molecular weight excluding hydrogens is 422 g/mol. The molecule has 0 bridgehead atoms. The maximum atomic E-state index is 13.0. The quantitative estimate of drug-likeness (QED) is 0.496.